The molecule has 2 heterocycles. The molecule has 0 atom stereocenters. The van der Waals surface area contributed by atoms with Crippen LogP contribution >= 0.6 is 0 Å². The Kier molecular flexibility index (Phi) is 12.7. The summed E-state index contributed by atoms with van der Waals surface area (Å²) in [4.78, 5) is 11.3. The van der Waals surface area contributed by atoms with E-state index in [9.17, 15) is 9.90 Å². The average Bonchev–Trinajstić information content (AvgIpc) is 3.71. The van der Waals surface area contributed by atoms with Crippen molar-refractivity contribution in [2.75, 3.05) is 56.9 Å². The highest BCUT2D eigenvalue weighted by Gasteiger charge is 2.19. The number of carbonyl (C=O) groups is 1. The first-order valence-electron chi connectivity index (χ1n) is 16.9. The maximum atomic E-state index is 11.3. The fraction of sp³-hybridized carbons (Fsp3) is 0.300. The SMILES string of the molecule is COc1ccc(Cn2nc(CC#N)c3cc(OC)c(OC)cc32)cc1OC.COc1ccc(Cn2nc(CC(=O)O)c3cc(OC)c(OC)cc32)cc1OC. The maximum Gasteiger partial charge on any atom is 0.309 e. The molecule has 15 heteroatoms. The van der Waals surface area contributed by atoms with Crippen molar-refractivity contribution in [3.05, 3.63) is 83.2 Å². The van der Waals surface area contributed by atoms with E-state index in [0.717, 1.165) is 27.5 Å². The molecule has 0 radical (unpaired) electrons. The molecule has 0 bridgehead atoms. The molecule has 1 N–H and O–H groups in total. The summed E-state index contributed by atoms with van der Waals surface area (Å²) in [5.41, 5.74) is 4.71. The van der Waals surface area contributed by atoms with Crippen LogP contribution in [0.4, 0.5) is 0 Å². The molecule has 0 aliphatic carbocycles. The number of nitrogens with zero attached hydrogens (tertiary/aromatic N) is 5. The zero-order chi connectivity index (χ0) is 39.6. The zero-order valence-corrected chi connectivity index (χ0v) is 32.0. The Hall–Kier alpha value is -6.82. The minimum Gasteiger partial charge on any atom is -0.493 e. The van der Waals surface area contributed by atoms with Crippen molar-refractivity contribution >= 4 is 27.8 Å². The number of methoxy groups -OCH3 is 8. The molecule has 15 nitrogen and oxygen atoms in total. The van der Waals surface area contributed by atoms with Crippen LogP contribution in [0.15, 0.2) is 60.7 Å². The van der Waals surface area contributed by atoms with Gasteiger partial charge in [-0.1, -0.05) is 12.1 Å². The molecule has 0 aliphatic heterocycles. The predicted octanol–water partition coefficient (Wildman–Crippen LogP) is 5.93. The van der Waals surface area contributed by atoms with Gasteiger partial charge < -0.3 is 43.0 Å². The fourth-order valence-electron chi connectivity index (χ4n) is 6.16. The van der Waals surface area contributed by atoms with Crippen LogP contribution in [0.3, 0.4) is 0 Å². The Morgan fingerprint density at radius 3 is 1.31 bits per heavy atom. The van der Waals surface area contributed by atoms with Gasteiger partial charge in [-0.3, -0.25) is 14.2 Å². The summed E-state index contributed by atoms with van der Waals surface area (Å²) < 4.78 is 46.4. The zero-order valence-electron chi connectivity index (χ0n) is 32.0. The molecular weight excluding hydrogens is 710 g/mol. The second-order valence-corrected chi connectivity index (χ2v) is 11.9. The molecule has 0 aliphatic rings. The first-order valence-corrected chi connectivity index (χ1v) is 16.9. The molecule has 0 unspecified atom stereocenters. The van der Waals surface area contributed by atoms with Crippen LogP contribution in [-0.2, 0) is 30.7 Å². The highest BCUT2D eigenvalue weighted by Crippen LogP contribution is 2.36. The Morgan fingerprint density at radius 2 is 0.927 bits per heavy atom. The second-order valence-electron chi connectivity index (χ2n) is 11.9. The summed E-state index contributed by atoms with van der Waals surface area (Å²) in [5, 5.41) is 29.1. The monoisotopic (exact) mass is 753 g/mol. The minimum absolute atomic E-state index is 0.190. The molecule has 0 saturated heterocycles. The topological polar surface area (TPSA) is 171 Å². The third-order valence-corrected chi connectivity index (χ3v) is 8.79. The summed E-state index contributed by atoms with van der Waals surface area (Å²) in [5.74, 6) is 3.91. The van der Waals surface area contributed by atoms with Crippen LogP contribution in [0.1, 0.15) is 22.5 Å². The second kappa shape index (κ2) is 17.8. The van der Waals surface area contributed by atoms with Crippen molar-refractivity contribution in [2.24, 2.45) is 0 Å². The highest BCUT2D eigenvalue weighted by atomic mass is 16.5. The Bertz CT molecular complexity index is 2340. The maximum absolute atomic E-state index is 11.3. The van der Waals surface area contributed by atoms with Crippen LogP contribution in [0, 0.1) is 11.3 Å². The van der Waals surface area contributed by atoms with E-state index >= 15 is 0 Å². The van der Waals surface area contributed by atoms with Gasteiger partial charge in [-0.05, 0) is 47.5 Å². The van der Waals surface area contributed by atoms with E-state index in [0.29, 0.717) is 75.9 Å². The average molecular weight is 754 g/mol. The Balaban J connectivity index is 0.000000211. The van der Waals surface area contributed by atoms with Gasteiger partial charge in [0.1, 0.15) is 0 Å². The summed E-state index contributed by atoms with van der Waals surface area (Å²) >= 11 is 0. The molecule has 6 rings (SSSR count). The quantitative estimate of drug-likeness (QED) is 0.131. The lowest BCUT2D eigenvalue weighted by Crippen LogP contribution is -2.05. The van der Waals surface area contributed by atoms with Crippen LogP contribution in [0.25, 0.3) is 21.8 Å². The number of carboxylic acids is 1. The lowest BCUT2D eigenvalue weighted by molar-refractivity contribution is -0.136. The lowest BCUT2D eigenvalue weighted by Gasteiger charge is -2.11. The normalized spacial score (nSPS) is 10.6. The van der Waals surface area contributed by atoms with Crippen molar-refractivity contribution < 1.29 is 47.8 Å². The number of benzene rings is 4. The van der Waals surface area contributed by atoms with Gasteiger partial charge in [-0.15, -0.1) is 0 Å². The number of aliphatic carboxylic acids is 1. The number of rotatable bonds is 15. The van der Waals surface area contributed by atoms with E-state index in [1.807, 2.05) is 53.2 Å². The fourth-order valence-corrected chi connectivity index (χ4v) is 6.16. The van der Waals surface area contributed by atoms with Crippen molar-refractivity contribution in [3.63, 3.8) is 0 Å². The van der Waals surface area contributed by atoms with Crippen molar-refractivity contribution in [1.82, 2.24) is 19.6 Å². The largest absolute Gasteiger partial charge is 0.493 e. The van der Waals surface area contributed by atoms with E-state index in [4.69, 9.17) is 43.2 Å². The molecule has 2 aromatic heterocycles. The number of ether oxygens (including phenoxy) is 8. The first-order chi connectivity index (χ1) is 26.6. The molecule has 0 fully saturated rings. The highest BCUT2D eigenvalue weighted by molar-refractivity contribution is 5.89. The van der Waals surface area contributed by atoms with Gasteiger partial charge in [0.15, 0.2) is 46.0 Å². The van der Waals surface area contributed by atoms with Crippen LogP contribution in [-0.4, -0.2) is 87.5 Å². The van der Waals surface area contributed by atoms with E-state index in [1.54, 1.807) is 66.6 Å². The molecule has 288 valence electrons. The van der Waals surface area contributed by atoms with Crippen molar-refractivity contribution in [3.8, 4) is 52.1 Å². The number of aromatic nitrogens is 4. The van der Waals surface area contributed by atoms with Gasteiger partial charge in [0.25, 0.3) is 0 Å². The number of nitriles is 1. The number of fused-ring (bicyclic) bond motifs is 2. The number of hydrogen-bond donors (Lipinski definition) is 1. The standard InChI is InChI=1S/C20H21N3O4.C20H22N2O6/c1-24-17-6-5-13(9-18(17)25-2)12-23-16-11-20(27-4)19(26-3)10-14(16)15(22-23)7-8-21;1-25-16-6-5-12(7-17(16)26-2)11-22-15-10-19(28-4)18(27-3)8-13(15)14(21-22)9-20(23)24/h5-6,9-11H,7,12H2,1-4H3;5-8,10H,9,11H2,1-4H3,(H,23,24). The summed E-state index contributed by atoms with van der Waals surface area (Å²) in [7, 11) is 12.6. The lowest BCUT2D eigenvalue weighted by atomic mass is 10.1. The van der Waals surface area contributed by atoms with E-state index in [-0.39, 0.29) is 12.8 Å². The van der Waals surface area contributed by atoms with Gasteiger partial charge in [0.05, 0.1) is 111 Å². The van der Waals surface area contributed by atoms with Gasteiger partial charge in [0, 0.05) is 22.9 Å². The van der Waals surface area contributed by atoms with Crippen LogP contribution in [0.5, 0.6) is 46.0 Å². The number of hydrogen-bond acceptors (Lipinski definition) is 12. The molecule has 0 amide bonds. The first kappa shape index (κ1) is 39.4. The van der Waals surface area contributed by atoms with Crippen LogP contribution in [0.2, 0.25) is 0 Å². The third-order valence-electron chi connectivity index (χ3n) is 8.79. The molecule has 0 spiro atoms. The summed E-state index contributed by atoms with van der Waals surface area (Å²) in [6, 6.07) is 20.8. The third kappa shape index (κ3) is 8.54. The predicted molar refractivity (Wildman–Crippen MR) is 204 cm³/mol. The Labute approximate surface area is 318 Å². The molecule has 0 saturated carbocycles. The van der Waals surface area contributed by atoms with Gasteiger partial charge in [0.2, 0.25) is 0 Å². The van der Waals surface area contributed by atoms with Gasteiger partial charge >= 0.3 is 5.97 Å². The number of carboxylic acid groups (broad SMARTS) is 1. The molecular formula is C40H43N5O10. The van der Waals surface area contributed by atoms with Crippen LogP contribution < -0.4 is 37.9 Å². The smallest absolute Gasteiger partial charge is 0.309 e. The Morgan fingerprint density at radius 1 is 0.564 bits per heavy atom. The molecule has 55 heavy (non-hydrogen) atoms. The van der Waals surface area contributed by atoms with E-state index in [1.165, 1.54) is 7.11 Å². The molecule has 6 aromatic rings. The van der Waals surface area contributed by atoms with Gasteiger partial charge in [-0.25, -0.2) is 0 Å². The minimum atomic E-state index is -0.951. The summed E-state index contributed by atoms with van der Waals surface area (Å²) in [6.07, 6.45) is 0.0236. The van der Waals surface area contributed by atoms with E-state index in [2.05, 4.69) is 16.3 Å². The molecule has 4 aromatic carbocycles. The van der Waals surface area contributed by atoms with Crippen molar-refractivity contribution in [1.29, 1.82) is 5.26 Å². The van der Waals surface area contributed by atoms with Crippen molar-refractivity contribution in [2.45, 2.75) is 25.9 Å². The van der Waals surface area contributed by atoms with E-state index < -0.39 is 5.97 Å². The van der Waals surface area contributed by atoms with Gasteiger partial charge in [-0.2, -0.15) is 15.5 Å². The summed E-state index contributed by atoms with van der Waals surface area (Å²) in [6.45, 7) is 0.934.